The fourth-order valence-corrected chi connectivity index (χ4v) is 2.62. The smallest absolute Gasteiger partial charge is 0.315 e. The van der Waals surface area contributed by atoms with Crippen molar-refractivity contribution in [1.82, 2.24) is 10.2 Å². The summed E-state index contributed by atoms with van der Waals surface area (Å²) in [4.78, 5) is 10.4. The second-order valence-electron chi connectivity index (χ2n) is 5.62. The van der Waals surface area contributed by atoms with Gasteiger partial charge in [-0.1, -0.05) is 29.3 Å². The van der Waals surface area contributed by atoms with E-state index in [1.54, 1.807) is 0 Å². The fourth-order valence-electron chi connectivity index (χ4n) is 2.41. The molecule has 0 saturated carbocycles. The molecule has 0 unspecified atom stereocenters. The number of phenolic OH excluding ortho intramolecular Hbond substituents is 1. The number of phenols is 1. The molecule has 0 atom stereocenters. The van der Waals surface area contributed by atoms with Gasteiger partial charge in [-0.25, -0.2) is 0 Å². The van der Waals surface area contributed by atoms with Crippen LogP contribution >= 0.6 is 11.6 Å². The lowest BCUT2D eigenvalue weighted by molar-refractivity contribution is -0.386. The zero-order chi connectivity index (χ0) is 19.6. The van der Waals surface area contributed by atoms with E-state index >= 15 is 0 Å². The van der Waals surface area contributed by atoms with Crippen molar-refractivity contribution in [2.75, 3.05) is 7.11 Å². The Balaban J connectivity index is 1.97. The maximum absolute atomic E-state index is 11.1. The first kappa shape index (κ1) is 18.4. The fraction of sp³-hybridized carbons (Fsp3) is 0.111. The number of benzene rings is 2. The Morgan fingerprint density at radius 3 is 2.78 bits per heavy atom. The van der Waals surface area contributed by atoms with Crippen LogP contribution in [-0.4, -0.2) is 27.3 Å². The number of aromatic hydroxyl groups is 1. The minimum absolute atomic E-state index is 0.0501. The number of rotatable bonds is 5. The Morgan fingerprint density at radius 2 is 2.11 bits per heavy atom. The average molecular weight is 388 g/mol. The van der Waals surface area contributed by atoms with E-state index in [1.807, 2.05) is 31.2 Å². The Kier molecular flexibility index (Phi) is 5.09. The van der Waals surface area contributed by atoms with Crippen LogP contribution in [-0.2, 0) is 0 Å². The molecule has 0 radical (unpaired) electrons. The van der Waals surface area contributed by atoms with Crippen molar-refractivity contribution in [2.24, 2.45) is 0 Å². The summed E-state index contributed by atoms with van der Waals surface area (Å²) in [5, 5.41) is 28.9. The number of methoxy groups -OCH3 is 1. The number of hydrogen-bond donors (Lipinski definition) is 1. The molecular weight excluding hydrogens is 374 g/mol. The first-order chi connectivity index (χ1) is 12.9. The van der Waals surface area contributed by atoms with E-state index in [-0.39, 0.29) is 16.7 Å². The summed E-state index contributed by atoms with van der Waals surface area (Å²) in [6.45, 7) is 1.94. The SMILES string of the molecule is COc1cc(/C=C(\Cl)c2nnc(-c3cccc(C)c3)o2)cc([N+](=O)[O-])c1O. The van der Waals surface area contributed by atoms with Gasteiger partial charge < -0.3 is 14.3 Å². The van der Waals surface area contributed by atoms with Gasteiger partial charge in [0.25, 0.3) is 5.89 Å². The van der Waals surface area contributed by atoms with E-state index in [4.69, 9.17) is 20.8 Å². The molecule has 0 aliphatic heterocycles. The summed E-state index contributed by atoms with van der Waals surface area (Å²) in [6, 6.07) is 10.1. The van der Waals surface area contributed by atoms with Gasteiger partial charge >= 0.3 is 5.69 Å². The van der Waals surface area contributed by atoms with Crippen LogP contribution < -0.4 is 4.74 Å². The van der Waals surface area contributed by atoms with Crippen molar-refractivity contribution >= 4 is 28.4 Å². The van der Waals surface area contributed by atoms with E-state index in [2.05, 4.69) is 10.2 Å². The number of hydrogen-bond acceptors (Lipinski definition) is 7. The molecule has 0 aliphatic carbocycles. The topological polar surface area (TPSA) is 112 Å². The molecule has 0 spiro atoms. The van der Waals surface area contributed by atoms with Gasteiger partial charge in [-0.05, 0) is 36.8 Å². The minimum Gasteiger partial charge on any atom is -0.500 e. The van der Waals surface area contributed by atoms with Crippen LogP contribution in [0.25, 0.3) is 22.6 Å². The van der Waals surface area contributed by atoms with E-state index in [0.717, 1.165) is 17.2 Å². The van der Waals surface area contributed by atoms with E-state index in [9.17, 15) is 15.2 Å². The predicted octanol–water partition coefficient (Wildman–Crippen LogP) is 4.40. The second-order valence-corrected chi connectivity index (χ2v) is 6.03. The van der Waals surface area contributed by atoms with Crippen molar-refractivity contribution < 1.29 is 19.2 Å². The van der Waals surface area contributed by atoms with Gasteiger partial charge in [-0.15, -0.1) is 10.2 Å². The third-order valence-corrected chi connectivity index (χ3v) is 3.95. The molecule has 138 valence electrons. The van der Waals surface area contributed by atoms with Crippen molar-refractivity contribution in [1.29, 1.82) is 0 Å². The lowest BCUT2D eigenvalue weighted by Gasteiger charge is -2.05. The molecule has 0 amide bonds. The van der Waals surface area contributed by atoms with Gasteiger partial charge in [0, 0.05) is 11.6 Å². The van der Waals surface area contributed by atoms with Gasteiger partial charge in [0.15, 0.2) is 5.75 Å². The summed E-state index contributed by atoms with van der Waals surface area (Å²) in [7, 11) is 1.29. The molecule has 9 heteroatoms. The summed E-state index contributed by atoms with van der Waals surface area (Å²) in [5.74, 6) is -0.251. The first-order valence-corrected chi connectivity index (χ1v) is 8.10. The molecule has 0 bridgehead atoms. The van der Waals surface area contributed by atoms with Crippen LogP contribution in [0.3, 0.4) is 0 Å². The number of aromatic nitrogens is 2. The van der Waals surface area contributed by atoms with Crippen LogP contribution in [0.4, 0.5) is 5.69 Å². The molecule has 0 aliphatic rings. The van der Waals surface area contributed by atoms with Crippen molar-refractivity contribution in [3.05, 3.63) is 63.5 Å². The number of halogens is 1. The minimum atomic E-state index is -0.717. The maximum Gasteiger partial charge on any atom is 0.315 e. The molecule has 3 rings (SSSR count). The lowest BCUT2D eigenvalue weighted by atomic mass is 10.1. The maximum atomic E-state index is 11.1. The molecule has 0 saturated heterocycles. The number of aryl methyl sites for hydroxylation is 1. The molecule has 3 aromatic rings. The summed E-state index contributed by atoms with van der Waals surface area (Å²) in [5.41, 5.74) is 1.62. The van der Waals surface area contributed by atoms with Gasteiger partial charge in [-0.2, -0.15) is 0 Å². The van der Waals surface area contributed by atoms with E-state index in [0.29, 0.717) is 11.5 Å². The van der Waals surface area contributed by atoms with Crippen LogP contribution in [0.1, 0.15) is 17.0 Å². The van der Waals surface area contributed by atoms with Crippen LogP contribution in [0.15, 0.2) is 40.8 Å². The molecule has 0 fully saturated rings. The third kappa shape index (κ3) is 3.90. The molecule has 1 aromatic heterocycles. The van der Waals surface area contributed by atoms with Crippen LogP contribution in [0.2, 0.25) is 0 Å². The summed E-state index contributed by atoms with van der Waals surface area (Å²) < 4.78 is 10.5. The Labute approximate surface area is 158 Å². The molecular formula is C18H14ClN3O5. The molecule has 8 nitrogen and oxygen atoms in total. The normalized spacial score (nSPS) is 11.4. The highest BCUT2D eigenvalue weighted by Gasteiger charge is 2.20. The van der Waals surface area contributed by atoms with Crippen LogP contribution in [0.5, 0.6) is 11.5 Å². The Morgan fingerprint density at radius 1 is 1.33 bits per heavy atom. The predicted molar refractivity (Wildman–Crippen MR) is 99.5 cm³/mol. The third-order valence-electron chi connectivity index (χ3n) is 3.68. The monoisotopic (exact) mass is 387 g/mol. The Hall–Kier alpha value is -3.39. The summed E-state index contributed by atoms with van der Waals surface area (Å²) in [6.07, 6.45) is 1.41. The van der Waals surface area contributed by atoms with Crippen molar-refractivity contribution in [3.8, 4) is 23.0 Å². The number of nitrogens with zero attached hydrogens (tertiary/aromatic N) is 3. The Bertz CT molecular complexity index is 1050. The van der Waals surface area contributed by atoms with E-state index < -0.39 is 16.4 Å². The van der Waals surface area contributed by atoms with Crippen molar-refractivity contribution in [2.45, 2.75) is 6.92 Å². The van der Waals surface area contributed by atoms with E-state index in [1.165, 1.54) is 19.3 Å². The largest absolute Gasteiger partial charge is 0.500 e. The highest BCUT2D eigenvalue weighted by Crippen LogP contribution is 2.38. The second kappa shape index (κ2) is 7.46. The standard InChI is InChI=1S/C18H14ClN3O5/c1-10-4-3-5-12(6-10)17-20-21-18(27-17)13(19)7-11-8-14(22(24)25)16(23)15(9-11)26-2/h3-9,23H,1-2H3/b13-7-. The first-order valence-electron chi connectivity index (χ1n) is 7.72. The zero-order valence-electron chi connectivity index (χ0n) is 14.3. The van der Waals surface area contributed by atoms with Gasteiger partial charge in [0.1, 0.15) is 5.03 Å². The highest BCUT2D eigenvalue weighted by molar-refractivity contribution is 6.50. The molecule has 2 aromatic carbocycles. The van der Waals surface area contributed by atoms with Crippen LogP contribution in [0, 0.1) is 17.0 Å². The van der Waals surface area contributed by atoms with Gasteiger partial charge in [-0.3, -0.25) is 10.1 Å². The van der Waals surface area contributed by atoms with Crippen molar-refractivity contribution in [3.63, 3.8) is 0 Å². The number of nitro benzene ring substituents is 1. The van der Waals surface area contributed by atoms with Gasteiger partial charge in [0.2, 0.25) is 11.6 Å². The quantitative estimate of drug-likeness (QED) is 0.509. The molecule has 27 heavy (non-hydrogen) atoms. The number of ether oxygens (including phenoxy) is 1. The lowest BCUT2D eigenvalue weighted by Crippen LogP contribution is -1.93. The average Bonchev–Trinajstić information content (AvgIpc) is 3.13. The zero-order valence-corrected chi connectivity index (χ0v) is 15.1. The molecule has 1 heterocycles. The van der Waals surface area contributed by atoms with Gasteiger partial charge in [0.05, 0.1) is 12.0 Å². The summed E-state index contributed by atoms with van der Waals surface area (Å²) >= 11 is 6.23. The number of nitro groups is 1. The molecule has 1 N–H and O–H groups in total. The highest BCUT2D eigenvalue weighted by atomic mass is 35.5.